The van der Waals surface area contributed by atoms with E-state index in [9.17, 15) is 0 Å². The predicted octanol–water partition coefficient (Wildman–Crippen LogP) is 4.91. The highest BCUT2D eigenvalue weighted by Crippen LogP contribution is 2.35. The predicted molar refractivity (Wildman–Crippen MR) is 103 cm³/mol. The summed E-state index contributed by atoms with van der Waals surface area (Å²) in [5, 5.41) is 0. The Morgan fingerprint density at radius 1 is 1.25 bits per heavy atom. The Morgan fingerprint density at radius 2 is 1.96 bits per heavy atom. The highest BCUT2D eigenvalue weighted by atomic mass is 15.2. The molecule has 1 saturated carbocycles. The first-order valence-electron chi connectivity index (χ1n) is 9.45. The van der Waals surface area contributed by atoms with Gasteiger partial charge in [0.05, 0.1) is 11.0 Å². The van der Waals surface area contributed by atoms with Crippen LogP contribution < -0.4 is 0 Å². The van der Waals surface area contributed by atoms with Crippen molar-refractivity contribution < 1.29 is 0 Å². The number of rotatable bonds is 5. The van der Waals surface area contributed by atoms with Crippen molar-refractivity contribution in [2.45, 2.75) is 77.8 Å². The van der Waals surface area contributed by atoms with Crippen LogP contribution in [-0.4, -0.2) is 34.0 Å². The molecule has 0 amide bonds. The largest absolute Gasteiger partial charge is 0.342 e. The van der Waals surface area contributed by atoms with Crippen molar-refractivity contribution in [2.75, 3.05) is 7.05 Å². The molecule has 132 valence electrons. The number of hydrogen-bond donors (Lipinski definition) is 1. The van der Waals surface area contributed by atoms with Crippen LogP contribution in [0.2, 0.25) is 0 Å². The second kappa shape index (κ2) is 6.51. The molecule has 1 aromatic heterocycles. The first-order valence-corrected chi connectivity index (χ1v) is 9.45. The van der Waals surface area contributed by atoms with Crippen molar-refractivity contribution >= 4 is 11.0 Å². The molecule has 0 aliphatic heterocycles. The lowest BCUT2D eigenvalue weighted by molar-refractivity contribution is 0.0730. The Morgan fingerprint density at radius 3 is 2.58 bits per heavy atom. The maximum absolute atomic E-state index is 4.78. The molecule has 3 nitrogen and oxygen atoms in total. The Kier molecular flexibility index (Phi) is 4.74. The summed E-state index contributed by atoms with van der Waals surface area (Å²) in [5.74, 6) is 2.02. The molecule has 3 heteroatoms. The van der Waals surface area contributed by atoms with Gasteiger partial charge in [-0.2, -0.15) is 0 Å². The lowest BCUT2D eigenvalue weighted by atomic mass is 9.76. The fourth-order valence-electron chi connectivity index (χ4n) is 3.68. The summed E-state index contributed by atoms with van der Waals surface area (Å²) >= 11 is 0. The Balaban J connectivity index is 1.57. The summed E-state index contributed by atoms with van der Waals surface area (Å²) in [5.41, 5.74) is 3.83. The highest BCUT2D eigenvalue weighted by molar-refractivity contribution is 5.76. The zero-order valence-corrected chi connectivity index (χ0v) is 16.2. The van der Waals surface area contributed by atoms with Crippen LogP contribution in [0.3, 0.4) is 0 Å². The van der Waals surface area contributed by atoms with Crippen LogP contribution in [0, 0.1) is 5.92 Å². The van der Waals surface area contributed by atoms with E-state index in [4.69, 9.17) is 4.98 Å². The van der Waals surface area contributed by atoms with Gasteiger partial charge in [-0.25, -0.2) is 4.98 Å². The van der Waals surface area contributed by atoms with Crippen molar-refractivity contribution in [1.29, 1.82) is 0 Å². The van der Waals surface area contributed by atoms with E-state index >= 15 is 0 Å². The zero-order valence-electron chi connectivity index (χ0n) is 16.2. The van der Waals surface area contributed by atoms with Crippen molar-refractivity contribution in [3.8, 4) is 0 Å². The Bertz CT molecular complexity index is 687. The number of nitrogens with one attached hydrogen (secondary N) is 1. The molecule has 1 fully saturated rings. The standard InChI is InChI=1S/C21H33N3/c1-14(2)24(6)17-11-15(12-17)7-10-20-22-18-9-8-16(21(3,4)5)13-19(18)23-20/h8-9,13-15,17H,7,10-12H2,1-6H3,(H,22,23). The Labute approximate surface area is 146 Å². The van der Waals surface area contributed by atoms with Crippen molar-refractivity contribution in [1.82, 2.24) is 14.9 Å². The van der Waals surface area contributed by atoms with Crippen LogP contribution in [0.1, 0.15) is 65.3 Å². The lowest BCUT2D eigenvalue weighted by Gasteiger charge is -2.43. The van der Waals surface area contributed by atoms with Crippen LogP contribution in [-0.2, 0) is 11.8 Å². The van der Waals surface area contributed by atoms with Gasteiger partial charge in [0, 0.05) is 18.5 Å². The summed E-state index contributed by atoms with van der Waals surface area (Å²) in [6, 6.07) is 8.09. The van der Waals surface area contributed by atoms with Crippen molar-refractivity contribution in [3.63, 3.8) is 0 Å². The topological polar surface area (TPSA) is 31.9 Å². The first-order chi connectivity index (χ1) is 11.2. The van der Waals surface area contributed by atoms with Crippen molar-refractivity contribution in [2.24, 2.45) is 5.92 Å². The van der Waals surface area contributed by atoms with Gasteiger partial charge in [0.25, 0.3) is 0 Å². The monoisotopic (exact) mass is 327 g/mol. The first kappa shape index (κ1) is 17.5. The molecule has 1 aromatic carbocycles. The minimum Gasteiger partial charge on any atom is -0.342 e. The molecular formula is C21H33N3. The van der Waals surface area contributed by atoms with Crippen LogP contribution >= 0.6 is 0 Å². The number of aromatic nitrogens is 2. The minimum absolute atomic E-state index is 0.183. The zero-order chi connectivity index (χ0) is 17.5. The summed E-state index contributed by atoms with van der Waals surface area (Å²) in [6.07, 6.45) is 5.03. The van der Waals surface area contributed by atoms with Gasteiger partial charge in [0.1, 0.15) is 5.82 Å². The number of aromatic amines is 1. The fourth-order valence-corrected chi connectivity index (χ4v) is 3.68. The number of nitrogens with zero attached hydrogens (tertiary/aromatic N) is 2. The van der Waals surface area contributed by atoms with Gasteiger partial charge < -0.3 is 9.88 Å². The van der Waals surface area contributed by atoms with Gasteiger partial charge in [0.2, 0.25) is 0 Å². The number of benzene rings is 1. The van der Waals surface area contributed by atoms with Gasteiger partial charge in [-0.1, -0.05) is 26.8 Å². The minimum atomic E-state index is 0.183. The normalized spacial score (nSPS) is 21.7. The average Bonchev–Trinajstić information content (AvgIpc) is 2.85. The van der Waals surface area contributed by atoms with Gasteiger partial charge in [0.15, 0.2) is 0 Å². The van der Waals surface area contributed by atoms with Gasteiger partial charge in [-0.05, 0) is 69.2 Å². The summed E-state index contributed by atoms with van der Waals surface area (Å²) in [4.78, 5) is 10.8. The quantitative estimate of drug-likeness (QED) is 0.846. The van der Waals surface area contributed by atoms with Crippen molar-refractivity contribution in [3.05, 3.63) is 29.6 Å². The third kappa shape index (κ3) is 3.66. The van der Waals surface area contributed by atoms with E-state index in [-0.39, 0.29) is 5.41 Å². The van der Waals surface area contributed by atoms with Crippen LogP contribution in [0.15, 0.2) is 18.2 Å². The molecular weight excluding hydrogens is 294 g/mol. The molecule has 1 aliphatic rings. The number of hydrogen-bond acceptors (Lipinski definition) is 2. The van der Waals surface area contributed by atoms with Crippen LogP contribution in [0.25, 0.3) is 11.0 Å². The van der Waals surface area contributed by atoms with E-state index in [0.717, 1.165) is 29.7 Å². The van der Waals surface area contributed by atoms with E-state index in [1.807, 2.05) is 0 Å². The summed E-state index contributed by atoms with van der Waals surface area (Å²) in [7, 11) is 2.26. The molecule has 0 bridgehead atoms. The van der Waals surface area contributed by atoms with Crippen LogP contribution in [0.5, 0.6) is 0 Å². The molecule has 24 heavy (non-hydrogen) atoms. The molecule has 0 radical (unpaired) electrons. The summed E-state index contributed by atoms with van der Waals surface area (Å²) in [6.45, 7) is 11.3. The number of H-pyrrole nitrogens is 1. The molecule has 3 rings (SSSR count). The van der Waals surface area contributed by atoms with Gasteiger partial charge >= 0.3 is 0 Å². The second-order valence-electron chi connectivity index (χ2n) is 8.95. The number of imidazole rings is 1. The van der Waals surface area contributed by atoms with E-state index in [1.54, 1.807) is 0 Å². The second-order valence-corrected chi connectivity index (χ2v) is 8.95. The molecule has 1 heterocycles. The lowest BCUT2D eigenvalue weighted by Crippen LogP contribution is -2.45. The van der Waals surface area contributed by atoms with E-state index in [2.05, 4.69) is 69.7 Å². The SMILES string of the molecule is CC(C)N(C)C1CC(CCc2nc3ccc(C(C)(C)C)cc3[nH]2)C1. The highest BCUT2D eigenvalue weighted by Gasteiger charge is 2.32. The van der Waals surface area contributed by atoms with E-state index < -0.39 is 0 Å². The molecule has 2 aromatic rings. The average molecular weight is 328 g/mol. The summed E-state index contributed by atoms with van der Waals surface area (Å²) < 4.78 is 0. The van der Waals surface area contributed by atoms with Gasteiger partial charge in [-0.15, -0.1) is 0 Å². The molecule has 1 aliphatic carbocycles. The maximum Gasteiger partial charge on any atom is 0.107 e. The third-order valence-electron chi connectivity index (χ3n) is 5.79. The molecule has 0 atom stereocenters. The molecule has 1 N–H and O–H groups in total. The van der Waals surface area contributed by atoms with E-state index in [0.29, 0.717) is 6.04 Å². The van der Waals surface area contributed by atoms with Gasteiger partial charge in [-0.3, -0.25) is 0 Å². The third-order valence-corrected chi connectivity index (χ3v) is 5.79. The smallest absolute Gasteiger partial charge is 0.107 e. The maximum atomic E-state index is 4.78. The Hall–Kier alpha value is -1.35. The molecule has 0 saturated heterocycles. The number of fused-ring (bicyclic) bond motifs is 1. The van der Waals surface area contributed by atoms with E-state index in [1.165, 1.54) is 30.3 Å². The molecule has 0 spiro atoms. The molecule has 0 unspecified atom stereocenters. The fraction of sp³-hybridized carbons (Fsp3) is 0.667. The number of aryl methyl sites for hydroxylation is 1. The van der Waals surface area contributed by atoms with Crippen LogP contribution in [0.4, 0.5) is 0 Å².